The zero-order valence-corrected chi connectivity index (χ0v) is 16.0. The predicted molar refractivity (Wildman–Crippen MR) is 109 cm³/mol. The van der Waals surface area contributed by atoms with E-state index in [0.717, 1.165) is 18.4 Å². The van der Waals surface area contributed by atoms with Gasteiger partial charge in [0.1, 0.15) is 0 Å². The Morgan fingerprint density at radius 1 is 1.14 bits per heavy atom. The van der Waals surface area contributed by atoms with Crippen LogP contribution in [-0.4, -0.2) is 39.3 Å². The second-order valence-electron chi connectivity index (χ2n) is 8.00. The number of carbonyl (C=O) groups is 1. The smallest absolute Gasteiger partial charge is 0.318 e. The first kappa shape index (κ1) is 17.3. The molecule has 2 bridgehead atoms. The van der Waals surface area contributed by atoms with Crippen LogP contribution in [0.15, 0.2) is 54.6 Å². The molecule has 5 heteroatoms. The first-order valence-corrected chi connectivity index (χ1v) is 9.96. The second kappa shape index (κ2) is 6.67. The number of hydrogen-bond donors (Lipinski definition) is 2. The Bertz CT molecular complexity index is 1030. The number of aryl methyl sites for hydroxylation is 1. The van der Waals surface area contributed by atoms with Gasteiger partial charge in [-0.1, -0.05) is 48.5 Å². The van der Waals surface area contributed by atoms with Gasteiger partial charge in [-0.2, -0.15) is 0 Å². The van der Waals surface area contributed by atoms with Gasteiger partial charge in [0, 0.05) is 48.7 Å². The highest BCUT2D eigenvalue weighted by Gasteiger charge is 2.44. The quantitative estimate of drug-likeness (QED) is 0.723. The second-order valence-corrected chi connectivity index (χ2v) is 8.00. The van der Waals surface area contributed by atoms with Gasteiger partial charge in [0.05, 0.1) is 6.10 Å². The largest absolute Gasteiger partial charge is 0.391 e. The van der Waals surface area contributed by atoms with Crippen molar-refractivity contribution in [1.82, 2.24) is 14.8 Å². The zero-order valence-electron chi connectivity index (χ0n) is 16.0. The molecule has 0 saturated carbocycles. The van der Waals surface area contributed by atoms with E-state index in [1.807, 2.05) is 35.2 Å². The number of hydrogen-bond acceptors (Lipinski definition) is 2. The number of carbonyl (C=O) groups excluding carboxylic acids is 1. The van der Waals surface area contributed by atoms with Gasteiger partial charge in [-0.05, 0) is 30.0 Å². The standard InChI is InChI=1S/C23H25N3O2/c1-25-20-10-6-5-9-17(20)18-11-16-12-19(22(18)25)21(27)14-26(16)23(28)24-13-15-7-3-2-4-8-15/h2-10,16,19,21,27H,11-14H2,1H3,(H,24,28)/t16-,19+,21-/m0/s1. The molecule has 1 aliphatic carbocycles. The van der Waals surface area contributed by atoms with Crippen LogP contribution in [0.3, 0.4) is 0 Å². The van der Waals surface area contributed by atoms with E-state index in [-0.39, 0.29) is 18.0 Å². The number of rotatable bonds is 2. The Labute approximate surface area is 164 Å². The van der Waals surface area contributed by atoms with E-state index in [0.29, 0.717) is 13.1 Å². The minimum Gasteiger partial charge on any atom is -0.391 e. The van der Waals surface area contributed by atoms with E-state index >= 15 is 0 Å². The lowest BCUT2D eigenvalue weighted by molar-refractivity contribution is 0.0284. The van der Waals surface area contributed by atoms with Gasteiger partial charge < -0.3 is 19.9 Å². The van der Waals surface area contributed by atoms with Crippen LogP contribution < -0.4 is 5.32 Å². The number of piperidine rings is 1. The number of aliphatic hydroxyl groups is 1. The van der Waals surface area contributed by atoms with E-state index in [9.17, 15) is 9.90 Å². The summed E-state index contributed by atoms with van der Waals surface area (Å²) in [5.41, 5.74) is 4.81. The molecule has 28 heavy (non-hydrogen) atoms. The molecule has 0 spiro atoms. The van der Waals surface area contributed by atoms with Crippen LogP contribution in [0.2, 0.25) is 0 Å². The van der Waals surface area contributed by atoms with Crippen LogP contribution in [0.4, 0.5) is 4.79 Å². The van der Waals surface area contributed by atoms with E-state index in [1.54, 1.807) is 0 Å². The molecule has 5 nitrogen and oxygen atoms in total. The molecule has 3 atom stereocenters. The molecule has 2 N–H and O–H groups in total. The van der Waals surface area contributed by atoms with Crippen molar-refractivity contribution in [2.45, 2.75) is 37.5 Å². The van der Waals surface area contributed by atoms with Crippen molar-refractivity contribution in [3.05, 3.63) is 71.4 Å². The summed E-state index contributed by atoms with van der Waals surface area (Å²) < 4.78 is 2.24. The fourth-order valence-corrected chi connectivity index (χ4v) is 5.08. The van der Waals surface area contributed by atoms with Crippen LogP contribution >= 0.6 is 0 Å². The van der Waals surface area contributed by atoms with E-state index in [4.69, 9.17) is 0 Å². The van der Waals surface area contributed by atoms with Gasteiger partial charge in [-0.15, -0.1) is 0 Å². The summed E-state index contributed by atoms with van der Waals surface area (Å²) in [5, 5.41) is 15.2. The SMILES string of the molecule is Cn1c2c(c3ccccc31)C[C@H]1C[C@@H]2[C@@H](O)CN1C(=O)NCc1ccccc1. The van der Waals surface area contributed by atoms with Gasteiger partial charge >= 0.3 is 6.03 Å². The summed E-state index contributed by atoms with van der Waals surface area (Å²) >= 11 is 0. The zero-order chi connectivity index (χ0) is 19.3. The number of para-hydroxylation sites is 1. The molecule has 2 heterocycles. The lowest BCUT2D eigenvalue weighted by Gasteiger charge is -2.45. The minimum atomic E-state index is -0.541. The summed E-state index contributed by atoms with van der Waals surface area (Å²) in [7, 11) is 2.09. The highest BCUT2D eigenvalue weighted by atomic mass is 16.3. The number of urea groups is 1. The van der Waals surface area contributed by atoms with Crippen LogP contribution in [-0.2, 0) is 20.0 Å². The van der Waals surface area contributed by atoms with Crippen molar-refractivity contribution in [3.8, 4) is 0 Å². The summed E-state index contributed by atoms with van der Waals surface area (Å²) in [5.74, 6) is 0.0873. The maximum atomic E-state index is 12.9. The molecule has 1 aliphatic heterocycles. The maximum absolute atomic E-state index is 12.9. The molecular formula is C23H25N3O2. The lowest BCUT2D eigenvalue weighted by atomic mass is 9.76. The van der Waals surface area contributed by atoms with E-state index in [2.05, 4.69) is 41.2 Å². The van der Waals surface area contributed by atoms with E-state index < -0.39 is 6.10 Å². The molecule has 0 unspecified atom stereocenters. The highest BCUT2D eigenvalue weighted by molar-refractivity contribution is 5.86. The Morgan fingerprint density at radius 2 is 1.89 bits per heavy atom. The molecule has 144 valence electrons. The van der Waals surface area contributed by atoms with Gasteiger partial charge in [-0.25, -0.2) is 4.79 Å². The number of amides is 2. The molecule has 5 rings (SSSR count). The number of nitrogens with zero attached hydrogens (tertiary/aromatic N) is 2. The Hall–Kier alpha value is -2.79. The average Bonchev–Trinajstić information content (AvgIpc) is 3.02. The summed E-state index contributed by atoms with van der Waals surface area (Å²) in [4.78, 5) is 14.7. The Morgan fingerprint density at radius 3 is 2.71 bits per heavy atom. The third kappa shape index (κ3) is 2.69. The molecule has 0 radical (unpaired) electrons. The average molecular weight is 375 g/mol. The molecule has 2 aliphatic rings. The molecule has 2 amide bonds. The number of aromatic nitrogens is 1. The number of nitrogens with one attached hydrogen (secondary N) is 1. The molecule has 1 fully saturated rings. The third-order valence-corrected chi connectivity index (χ3v) is 6.41. The van der Waals surface area contributed by atoms with Crippen molar-refractivity contribution in [3.63, 3.8) is 0 Å². The Balaban J connectivity index is 1.42. The normalized spacial score (nSPS) is 23.5. The van der Waals surface area contributed by atoms with Crippen molar-refractivity contribution >= 4 is 16.9 Å². The van der Waals surface area contributed by atoms with Crippen LogP contribution in [0.1, 0.15) is 29.2 Å². The molecule has 3 aromatic rings. The lowest BCUT2D eigenvalue weighted by Crippen LogP contribution is -2.57. The third-order valence-electron chi connectivity index (χ3n) is 6.41. The Kier molecular flexibility index (Phi) is 4.13. The fraction of sp³-hybridized carbons (Fsp3) is 0.348. The summed E-state index contributed by atoms with van der Waals surface area (Å²) in [6.45, 7) is 0.888. The summed E-state index contributed by atoms with van der Waals surface area (Å²) in [6.07, 6.45) is 1.12. The van der Waals surface area contributed by atoms with Crippen molar-refractivity contribution in [2.24, 2.45) is 7.05 Å². The number of likely N-dealkylation sites (tertiary alicyclic amines) is 1. The number of fused-ring (bicyclic) bond motifs is 6. The fourth-order valence-electron chi connectivity index (χ4n) is 5.08. The molecular weight excluding hydrogens is 350 g/mol. The topological polar surface area (TPSA) is 57.5 Å². The highest BCUT2D eigenvalue weighted by Crippen LogP contribution is 2.43. The van der Waals surface area contributed by atoms with Gasteiger partial charge in [0.15, 0.2) is 0 Å². The first-order valence-electron chi connectivity index (χ1n) is 9.96. The minimum absolute atomic E-state index is 0.0873. The monoisotopic (exact) mass is 375 g/mol. The van der Waals surface area contributed by atoms with E-state index in [1.165, 1.54) is 22.2 Å². The molecule has 2 aromatic carbocycles. The van der Waals surface area contributed by atoms with Crippen molar-refractivity contribution in [1.29, 1.82) is 0 Å². The number of benzene rings is 2. The van der Waals surface area contributed by atoms with Crippen molar-refractivity contribution < 1.29 is 9.90 Å². The predicted octanol–water partition coefficient (Wildman–Crippen LogP) is 3.16. The van der Waals surface area contributed by atoms with Crippen LogP contribution in [0, 0.1) is 0 Å². The van der Waals surface area contributed by atoms with Gasteiger partial charge in [0.2, 0.25) is 0 Å². The van der Waals surface area contributed by atoms with Gasteiger partial charge in [0.25, 0.3) is 0 Å². The maximum Gasteiger partial charge on any atom is 0.318 e. The van der Waals surface area contributed by atoms with Crippen molar-refractivity contribution in [2.75, 3.05) is 6.54 Å². The molecule has 1 saturated heterocycles. The number of aliphatic hydroxyl groups excluding tert-OH is 1. The number of β-amino-alcohol motifs (C(OH)–C–C–N with tert-alkyl or cyclic N) is 1. The van der Waals surface area contributed by atoms with Gasteiger partial charge in [-0.3, -0.25) is 0 Å². The van der Waals surface area contributed by atoms with Crippen LogP contribution in [0.25, 0.3) is 10.9 Å². The summed E-state index contributed by atoms with van der Waals surface area (Å²) in [6, 6.07) is 18.4. The van der Waals surface area contributed by atoms with Crippen LogP contribution in [0.5, 0.6) is 0 Å². The molecule has 1 aromatic heterocycles. The first-order chi connectivity index (χ1) is 13.6.